The molecule has 4 nitrogen and oxygen atoms in total. The second kappa shape index (κ2) is 4.78. The van der Waals surface area contributed by atoms with E-state index in [-0.39, 0.29) is 5.54 Å². The van der Waals surface area contributed by atoms with E-state index in [0.29, 0.717) is 0 Å². The summed E-state index contributed by atoms with van der Waals surface area (Å²) in [5, 5.41) is 15.0. The molecule has 1 aliphatic rings. The predicted octanol–water partition coefficient (Wildman–Crippen LogP) is 1.72. The Morgan fingerprint density at radius 2 is 2.00 bits per heavy atom. The van der Waals surface area contributed by atoms with Gasteiger partial charge in [-0.3, -0.25) is 4.68 Å². The first-order valence-corrected chi connectivity index (χ1v) is 6.41. The molecule has 1 heterocycles. The van der Waals surface area contributed by atoms with E-state index in [9.17, 15) is 5.11 Å². The number of rotatable bonds is 3. The highest BCUT2D eigenvalue weighted by Gasteiger charge is 2.42. The van der Waals surface area contributed by atoms with Gasteiger partial charge < -0.3 is 10.0 Å². The Labute approximate surface area is 103 Å². The Bertz CT molecular complexity index is 366. The van der Waals surface area contributed by atoms with Crippen LogP contribution in [-0.4, -0.2) is 39.4 Å². The molecule has 1 aliphatic carbocycles. The average molecular weight is 237 g/mol. The van der Waals surface area contributed by atoms with Crippen LogP contribution >= 0.6 is 0 Å². The number of nitrogens with zero attached hydrogens (tertiary/aromatic N) is 3. The zero-order chi connectivity index (χ0) is 12.5. The zero-order valence-electron chi connectivity index (χ0n) is 11.1. The maximum Gasteiger partial charge on any atom is 0.116 e. The van der Waals surface area contributed by atoms with E-state index in [1.165, 1.54) is 19.3 Å². The van der Waals surface area contributed by atoms with Crippen LogP contribution in [0, 0.1) is 0 Å². The quantitative estimate of drug-likeness (QED) is 0.870. The van der Waals surface area contributed by atoms with Crippen LogP contribution in [0.5, 0.6) is 0 Å². The maximum atomic E-state index is 10.7. The fraction of sp³-hybridized carbons (Fsp3) is 0.769. The number of likely N-dealkylation sites (N-methyl/N-ethyl adjacent to an activating group) is 1. The Morgan fingerprint density at radius 3 is 2.47 bits per heavy atom. The second-order valence-corrected chi connectivity index (χ2v) is 5.38. The van der Waals surface area contributed by atoms with Crippen molar-refractivity contribution in [1.29, 1.82) is 0 Å². The van der Waals surface area contributed by atoms with E-state index < -0.39 is 6.10 Å². The molecular weight excluding hydrogens is 214 g/mol. The van der Waals surface area contributed by atoms with Gasteiger partial charge in [-0.05, 0) is 33.0 Å². The molecule has 1 unspecified atom stereocenters. The van der Waals surface area contributed by atoms with E-state index in [4.69, 9.17) is 0 Å². The molecule has 0 amide bonds. The van der Waals surface area contributed by atoms with Gasteiger partial charge >= 0.3 is 0 Å². The van der Waals surface area contributed by atoms with Crippen LogP contribution < -0.4 is 0 Å². The molecule has 0 bridgehead atoms. The third-order valence-corrected chi connectivity index (χ3v) is 4.13. The molecule has 0 saturated heterocycles. The lowest BCUT2D eigenvalue weighted by Gasteiger charge is -2.45. The van der Waals surface area contributed by atoms with Gasteiger partial charge in [0.15, 0.2) is 0 Å². The minimum absolute atomic E-state index is 0.132. The van der Waals surface area contributed by atoms with Gasteiger partial charge in [-0.2, -0.15) is 5.10 Å². The van der Waals surface area contributed by atoms with Gasteiger partial charge in [0.25, 0.3) is 0 Å². The number of aliphatic hydroxyl groups is 1. The molecule has 0 spiro atoms. The van der Waals surface area contributed by atoms with Crippen molar-refractivity contribution in [1.82, 2.24) is 14.7 Å². The lowest BCUT2D eigenvalue weighted by molar-refractivity contribution is -0.0359. The highest BCUT2D eigenvalue weighted by atomic mass is 16.3. The van der Waals surface area contributed by atoms with E-state index in [1.807, 2.05) is 19.3 Å². The van der Waals surface area contributed by atoms with Crippen LogP contribution in [0.2, 0.25) is 0 Å². The van der Waals surface area contributed by atoms with Crippen molar-refractivity contribution in [3.8, 4) is 0 Å². The molecule has 1 saturated carbocycles. The molecule has 0 aliphatic heterocycles. The van der Waals surface area contributed by atoms with Crippen LogP contribution in [-0.2, 0) is 7.05 Å². The van der Waals surface area contributed by atoms with Crippen molar-refractivity contribution in [3.05, 3.63) is 18.0 Å². The van der Waals surface area contributed by atoms with Gasteiger partial charge in [-0.15, -0.1) is 0 Å². The minimum Gasteiger partial charge on any atom is -0.385 e. The van der Waals surface area contributed by atoms with Crippen LogP contribution in [0.25, 0.3) is 0 Å². The Balaban J connectivity index is 2.26. The van der Waals surface area contributed by atoms with Crippen LogP contribution in [0.3, 0.4) is 0 Å². The first kappa shape index (κ1) is 12.6. The molecule has 4 heteroatoms. The van der Waals surface area contributed by atoms with Gasteiger partial charge in [0.05, 0.1) is 11.2 Å². The summed E-state index contributed by atoms with van der Waals surface area (Å²) in [7, 11) is 6.02. The minimum atomic E-state index is -0.487. The summed E-state index contributed by atoms with van der Waals surface area (Å²) in [4.78, 5) is 2.19. The Kier molecular flexibility index (Phi) is 3.54. The van der Waals surface area contributed by atoms with E-state index >= 15 is 0 Å². The van der Waals surface area contributed by atoms with Gasteiger partial charge in [0.2, 0.25) is 0 Å². The molecular formula is C13H23N3O. The van der Waals surface area contributed by atoms with Crippen LogP contribution in [0.4, 0.5) is 0 Å². The third kappa shape index (κ3) is 2.24. The standard InChI is InChI=1S/C13H23N3O/c1-15(2)13(8-5-4-6-9-13)12(17)11-7-10-16(3)14-11/h7,10,12,17H,4-6,8-9H2,1-3H3. The van der Waals surface area contributed by atoms with E-state index in [0.717, 1.165) is 18.5 Å². The molecule has 96 valence electrons. The topological polar surface area (TPSA) is 41.3 Å². The van der Waals surface area contributed by atoms with Crippen molar-refractivity contribution in [2.45, 2.75) is 43.7 Å². The molecule has 2 rings (SSSR count). The summed E-state index contributed by atoms with van der Waals surface area (Å²) in [6.45, 7) is 0. The highest BCUT2D eigenvalue weighted by molar-refractivity contribution is 5.12. The van der Waals surface area contributed by atoms with Crippen LogP contribution in [0.1, 0.15) is 43.9 Å². The number of hydrogen-bond donors (Lipinski definition) is 1. The lowest BCUT2D eigenvalue weighted by Crippen LogP contribution is -2.50. The monoisotopic (exact) mass is 237 g/mol. The number of aromatic nitrogens is 2. The van der Waals surface area contributed by atoms with Gasteiger partial charge in [0, 0.05) is 13.2 Å². The summed E-state index contributed by atoms with van der Waals surface area (Å²) >= 11 is 0. The predicted molar refractivity (Wildman–Crippen MR) is 67.7 cm³/mol. The summed E-state index contributed by atoms with van der Waals surface area (Å²) in [6, 6.07) is 1.92. The lowest BCUT2D eigenvalue weighted by atomic mass is 9.75. The van der Waals surface area contributed by atoms with Crippen molar-refractivity contribution in [2.75, 3.05) is 14.1 Å². The van der Waals surface area contributed by atoms with Crippen molar-refractivity contribution in [2.24, 2.45) is 7.05 Å². The van der Waals surface area contributed by atoms with Crippen molar-refractivity contribution >= 4 is 0 Å². The number of aryl methyl sites for hydroxylation is 1. The zero-order valence-corrected chi connectivity index (χ0v) is 11.1. The third-order valence-electron chi connectivity index (χ3n) is 4.13. The molecule has 1 fully saturated rings. The molecule has 0 radical (unpaired) electrons. The Morgan fingerprint density at radius 1 is 1.35 bits per heavy atom. The Hall–Kier alpha value is -0.870. The van der Waals surface area contributed by atoms with Gasteiger partial charge in [0.1, 0.15) is 6.10 Å². The van der Waals surface area contributed by atoms with Crippen molar-refractivity contribution < 1.29 is 5.11 Å². The fourth-order valence-electron chi connectivity index (χ4n) is 2.98. The SMILES string of the molecule is CN(C)C1(C(O)c2ccn(C)n2)CCCCC1. The smallest absolute Gasteiger partial charge is 0.116 e. The number of aliphatic hydroxyl groups excluding tert-OH is 1. The van der Waals surface area contributed by atoms with E-state index in [2.05, 4.69) is 24.1 Å². The largest absolute Gasteiger partial charge is 0.385 e. The van der Waals surface area contributed by atoms with Gasteiger partial charge in [-0.1, -0.05) is 19.3 Å². The van der Waals surface area contributed by atoms with Crippen LogP contribution in [0.15, 0.2) is 12.3 Å². The molecule has 1 N–H and O–H groups in total. The summed E-state index contributed by atoms with van der Waals surface area (Å²) in [5.74, 6) is 0. The first-order valence-electron chi connectivity index (χ1n) is 6.41. The summed E-state index contributed by atoms with van der Waals surface area (Å²) in [6.07, 6.45) is 7.19. The molecule has 1 aromatic rings. The molecule has 1 atom stereocenters. The summed E-state index contributed by atoms with van der Waals surface area (Å²) < 4.78 is 1.75. The summed E-state index contributed by atoms with van der Waals surface area (Å²) in [5.41, 5.74) is 0.662. The highest BCUT2D eigenvalue weighted by Crippen LogP contribution is 2.41. The van der Waals surface area contributed by atoms with Crippen molar-refractivity contribution in [3.63, 3.8) is 0 Å². The fourth-order valence-corrected chi connectivity index (χ4v) is 2.98. The van der Waals surface area contributed by atoms with Gasteiger partial charge in [-0.25, -0.2) is 0 Å². The second-order valence-electron chi connectivity index (χ2n) is 5.38. The number of hydrogen-bond acceptors (Lipinski definition) is 3. The average Bonchev–Trinajstić information content (AvgIpc) is 2.75. The molecule has 0 aromatic carbocycles. The first-order chi connectivity index (χ1) is 8.06. The normalized spacial score (nSPS) is 21.7. The molecule has 17 heavy (non-hydrogen) atoms. The van der Waals surface area contributed by atoms with E-state index in [1.54, 1.807) is 4.68 Å². The molecule has 1 aromatic heterocycles. The maximum absolute atomic E-state index is 10.7.